The largest absolute Gasteiger partial charge is 0.497 e. The molecule has 2 unspecified atom stereocenters. The van der Waals surface area contributed by atoms with Crippen molar-refractivity contribution >= 4 is 5.69 Å². The van der Waals surface area contributed by atoms with E-state index in [1.807, 2.05) is 60.7 Å². The van der Waals surface area contributed by atoms with Crippen molar-refractivity contribution in [3.05, 3.63) is 84.4 Å². The summed E-state index contributed by atoms with van der Waals surface area (Å²) in [7, 11) is 3.11. The first kappa shape index (κ1) is 22.8. The van der Waals surface area contributed by atoms with Crippen LogP contribution in [0.2, 0.25) is 0 Å². The molecule has 0 saturated heterocycles. The van der Waals surface area contributed by atoms with Crippen LogP contribution >= 0.6 is 0 Å². The van der Waals surface area contributed by atoms with Gasteiger partial charge in [-0.2, -0.15) is 5.10 Å². The predicted octanol–water partition coefficient (Wildman–Crippen LogP) is 3.56. The average molecular weight is 474 g/mol. The van der Waals surface area contributed by atoms with Crippen molar-refractivity contribution < 1.29 is 24.8 Å². The summed E-state index contributed by atoms with van der Waals surface area (Å²) in [5.41, 5.74) is 2.98. The van der Waals surface area contributed by atoms with Gasteiger partial charge in [-0.15, -0.1) is 0 Å². The monoisotopic (exact) mass is 473 g/mol. The van der Waals surface area contributed by atoms with E-state index in [0.29, 0.717) is 34.1 Å². The third-order valence-corrected chi connectivity index (χ3v) is 6.48. The van der Waals surface area contributed by atoms with E-state index in [9.17, 15) is 15.3 Å². The molecule has 0 aliphatic heterocycles. The highest BCUT2D eigenvalue weighted by Gasteiger charge is 2.53. The molecule has 8 nitrogen and oxygen atoms in total. The molecule has 4 aromatic rings. The van der Waals surface area contributed by atoms with Crippen molar-refractivity contribution in [2.45, 2.75) is 24.2 Å². The Kier molecular flexibility index (Phi) is 6.07. The lowest BCUT2D eigenvalue weighted by molar-refractivity contribution is -0.0667. The smallest absolute Gasteiger partial charge is 0.218 e. The number of aromatic nitrogens is 2. The maximum atomic E-state index is 11.2. The van der Waals surface area contributed by atoms with Crippen LogP contribution in [-0.2, 0) is 0 Å². The van der Waals surface area contributed by atoms with Crippen LogP contribution in [0.5, 0.6) is 17.4 Å². The average Bonchev–Trinajstić information content (AvgIpc) is 3.24. The van der Waals surface area contributed by atoms with Crippen LogP contribution in [0, 0.1) is 0 Å². The van der Waals surface area contributed by atoms with Gasteiger partial charge in [0.1, 0.15) is 17.2 Å². The first-order valence-corrected chi connectivity index (χ1v) is 11.3. The molecular formula is C27H27N3O5. The van der Waals surface area contributed by atoms with Crippen LogP contribution in [0.15, 0.2) is 78.9 Å². The summed E-state index contributed by atoms with van der Waals surface area (Å²) < 4.78 is 12.1. The van der Waals surface area contributed by atoms with Gasteiger partial charge in [0.2, 0.25) is 5.88 Å². The van der Waals surface area contributed by atoms with E-state index in [1.54, 1.807) is 32.4 Å². The Labute approximate surface area is 203 Å². The molecule has 0 bridgehead atoms. The minimum absolute atomic E-state index is 0.112. The van der Waals surface area contributed by atoms with E-state index in [0.717, 1.165) is 5.56 Å². The fourth-order valence-corrected chi connectivity index (χ4v) is 4.60. The molecule has 3 aromatic carbocycles. The maximum absolute atomic E-state index is 11.2. The maximum Gasteiger partial charge on any atom is 0.218 e. The zero-order valence-corrected chi connectivity index (χ0v) is 19.4. The van der Waals surface area contributed by atoms with Crippen LogP contribution in [-0.4, -0.2) is 57.6 Å². The molecule has 1 aromatic heterocycles. The molecule has 5 rings (SSSR count). The van der Waals surface area contributed by atoms with Crippen LogP contribution in [0.1, 0.15) is 11.5 Å². The normalized spacial score (nSPS) is 21.3. The van der Waals surface area contributed by atoms with Crippen LogP contribution in [0.25, 0.3) is 16.9 Å². The Hall–Kier alpha value is -4.01. The molecule has 1 aliphatic carbocycles. The Morgan fingerprint density at radius 2 is 1.51 bits per heavy atom. The van der Waals surface area contributed by atoms with Gasteiger partial charge < -0.3 is 30.1 Å². The van der Waals surface area contributed by atoms with E-state index in [1.165, 1.54) is 4.68 Å². The molecule has 0 radical (unpaired) electrons. The topological polar surface area (TPSA) is 109 Å². The molecule has 1 aliphatic rings. The molecule has 8 heteroatoms. The first-order valence-electron chi connectivity index (χ1n) is 11.3. The summed E-state index contributed by atoms with van der Waals surface area (Å²) >= 11 is 0. The highest BCUT2D eigenvalue weighted by Crippen LogP contribution is 2.48. The lowest BCUT2D eigenvalue weighted by Crippen LogP contribution is -2.61. The van der Waals surface area contributed by atoms with Crippen molar-refractivity contribution in [2.24, 2.45) is 0 Å². The third-order valence-electron chi connectivity index (χ3n) is 6.48. The van der Waals surface area contributed by atoms with Crippen LogP contribution < -0.4 is 14.8 Å². The molecule has 1 heterocycles. The summed E-state index contributed by atoms with van der Waals surface area (Å²) in [6.07, 6.45) is -1.97. The van der Waals surface area contributed by atoms with E-state index < -0.39 is 24.2 Å². The second-order valence-electron chi connectivity index (χ2n) is 8.44. The number of nitrogens with zero attached hydrogens (tertiary/aromatic N) is 2. The number of benzene rings is 3. The van der Waals surface area contributed by atoms with Crippen molar-refractivity contribution in [2.75, 3.05) is 19.5 Å². The highest BCUT2D eigenvalue weighted by molar-refractivity contribution is 5.69. The van der Waals surface area contributed by atoms with Gasteiger partial charge in [0.25, 0.3) is 0 Å². The van der Waals surface area contributed by atoms with E-state index in [-0.39, 0.29) is 5.88 Å². The number of methoxy groups -OCH3 is 2. The van der Waals surface area contributed by atoms with Gasteiger partial charge in [-0.25, -0.2) is 4.68 Å². The number of ether oxygens (including phenoxy) is 2. The summed E-state index contributed by atoms with van der Waals surface area (Å²) in [5, 5.41) is 41.4. The van der Waals surface area contributed by atoms with E-state index in [4.69, 9.17) is 9.47 Å². The minimum atomic E-state index is -0.987. The highest BCUT2D eigenvalue weighted by atomic mass is 16.5. The van der Waals surface area contributed by atoms with Gasteiger partial charge in [0, 0.05) is 17.5 Å². The summed E-state index contributed by atoms with van der Waals surface area (Å²) in [5.74, 6) is 0.297. The molecule has 4 N–H and O–H groups in total. The zero-order valence-electron chi connectivity index (χ0n) is 19.4. The Morgan fingerprint density at radius 3 is 2.14 bits per heavy atom. The lowest BCUT2D eigenvalue weighted by Gasteiger charge is -2.47. The van der Waals surface area contributed by atoms with Crippen molar-refractivity contribution in [3.8, 4) is 34.3 Å². The SMILES string of the molecule is COc1ccc(NC2C(O)C(c3c(-c4ccccc4)nn(-c4ccccc4)c3O)C2O)c(OC)c1. The van der Waals surface area contributed by atoms with Gasteiger partial charge >= 0.3 is 0 Å². The molecule has 180 valence electrons. The van der Waals surface area contributed by atoms with E-state index >= 15 is 0 Å². The number of rotatable bonds is 7. The summed E-state index contributed by atoms with van der Waals surface area (Å²) in [6.45, 7) is 0. The number of aliphatic hydroxyl groups is 2. The van der Waals surface area contributed by atoms with Crippen molar-refractivity contribution in [1.29, 1.82) is 0 Å². The van der Waals surface area contributed by atoms with Gasteiger partial charge in [-0.05, 0) is 24.3 Å². The molecule has 35 heavy (non-hydrogen) atoms. The van der Waals surface area contributed by atoms with Gasteiger partial charge in [0.15, 0.2) is 0 Å². The lowest BCUT2D eigenvalue weighted by atomic mass is 9.69. The minimum Gasteiger partial charge on any atom is -0.497 e. The van der Waals surface area contributed by atoms with E-state index in [2.05, 4.69) is 10.4 Å². The molecule has 0 spiro atoms. The molecule has 1 fully saturated rings. The fraction of sp³-hybridized carbons (Fsp3) is 0.222. The first-order chi connectivity index (χ1) is 17.0. The summed E-state index contributed by atoms with van der Waals surface area (Å²) in [4.78, 5) is 0. The van der Waals surface area contributed by atoms with Crippen LogP contribution in [0.4, 0.5) is 5.69 Å². The number of hydrogen-bond donors (Lipinski definition) is 4. The number of para-hydroxylation sites is 1. The third kappa shape index (κ3) is 3.96. The zero-order chi connectivity index (χ0) is 24.5. The van der Waals surface area contributed by atoms with Crippen LogP contribution in [0.3, 0.4) is 0 Å². The van der Waals surface area contributed by atoms with Gasteiger partial charge in [-0.3, -0.25) is 0 Å². The van der Waals surface area contributed by atoms with Crippen molar-refractivity contribution in [1.82, 2.24) is 9.78 Å². The number of aromatic hydroxyl groups is 1. The van der Waals surface area contributed by atoms with Gasteiger partial charge in [0.05, 0.1) is 49.4 Å². The van der Waals surface area contributed by atoms with Gasteiger partial charge in [-0.1, -0.05) is 48.5 Å². The predicted molar refractivity (Wildman–Crippen MR) is 132 cm³/mol. The second kappa shape index (κ2) is 9.32. The van der Waals surface area contributed by atoms with Crippen molar-refractivity contribution in [3.63, 3.8) is 0 Å². The molecule has 0 amide bonds. The number of anilines is 1. The Morgan fingerprint density at radius 1 is 0.857 bits per heavy atom. The number of aliphatic hydroxyl groups excluding tert-OH is 2. The Balaban J connectivity index is 1.50. The Bertz CT molecular complexity index is 1300. The second-order valence-corrected chi connectivity index (χ2v) is 8.44. The summed E-state index contributed by atoms with van der Waals surface area (Å²) in [6, 6.07) is 23.3. The number of nitrogens with one attached hydrogen (secondary N) is 1. The molecular weight excluding hydrogens is 446 g/mol. The molecule has 2 atom stereocenters. The number of hydrogen-bond acceptors (Lipinski definition) is 7. The molecule has 1 saturated carbocycles. The standard InChI is InChI=1S/C27H27N3O5/c1-34-18-13-14-19(20(15-18)35-2)28-24-25(31)22(26(24)32)21-23(16-9-5-3-6-10-16)29-30(27(21)33)17-11-7-4-8-12-17/h3-15,22,24-26,28,31-33H,1-2H3. The quantitative estimate of drug-likeness (QED) is 0.325. The fourth-order valence-electron chi connectivity index (χ4n) is 4.60.